The smallest absolute Gasteiger partial charge is 0.207 e. The summed E-state index contributed by atoms with van der Waals surface area (Å²) in [6, 6.07) is 5.29. The topological polar surface area (TPSA) is 47.0 Å². The van der Waals surface area contributed by atoms with Gasteiger partial charge < -0.3 is 10.1 Å². The molecule has 0 bridgehead atoms. The van der Waals surface area contributed by atoms with Crippen LogP contribution in [-0.2, 0) is 11.2 Å². The number of rotatable bonds is 6. The number of halogens is 1. The second-order valence-electron chi connectivity index (χ2n) is 4.89. The van der Waals surface area contributed by atoms with Crippen LogP contribution in [-0.4, -0.2) is 23.1 Å². The average Bonchev–Trinajstić information content (AvgIpc) is 3.18. The van der Waals surface area contributed by atoms with Gasteiger partial charge in [-0.1, -0.05) is 6.07 Å². The molecule has 0 amide bonds. The molecule has 0 spiro atoms. The molecule has 0 radical (unpaired) electrons. The molecule has 1 aromatic carbocycles. The zero-order valence-electron chi connectivity index (χ0n) is 11.2. The van der Waals surface area contributed by atoms with Gasteiger partial charge >= 0.3 is 0 Å². The van der Waals surface area contributed by atoms with Gasteiger partial charge in [-0.05, 0) is 36.5 Å². The van der Waals surface area contributed by atoms with E-state index in [1.54, 1.807) is 7.11 Å². The van der Waals surface area contributed by atoms with Crippen molar-refractivity contribution in [1.82, 2.24) is 9.36 Å². The Labute approximate surface area is 121 Å². The third kappa shape index (κ3) is 3.13. The van der Waals surface area contributed by atoms with Crippen LogP contribution < -0.4 is 5.32 Å². The summed E-state index contributed by atoms with van der Waals surface area (Å²) >= 11 is 1.27. The van der Waals surface area contributed by atoms with E-state index in [9.17, 15) is 4.39 Å². The lowest BCUT2D eigenvalue weighted by Gasteiger charge is -2.05. The zero-order valence-corrected chi connectivity index (χ0v) is 12.0. The first-order valence-electron chi connectivity index (χ1n) is 6.64. The highest BCUT2D eigenvalue weighted by molar-refractivity contribution is 7.09. The van der Waals surface area contributed by atoms with E-state index in [0.717, 1.165) is 24.2 Å². The van der Waals surface area contributed by atoms with Crippen molar-refractivity contribution in [2.45, 2.75) is 25.2 Å². The zero-order chi connectivity index (χ0) is 13.9. The molecule has 0 unspecified atom stereocenters. The molecule has 3 rings (SSSR count). The van der Waals surface area contributed by atoms with Crippen LogP contribution in [0.5, 0.6) is 0 Å². The normalized spacial score (nSPS) is 14.5. The van der Waals surface area contributed by atoms with Gasteiger partial charge in [0.25, 0.3) is 0 Å². The summed E-state index contributed by atoms with van der Waals surface area (Å²) in [5, 5.41) is 3.77. The van der Waals surface area contributed by atoms with E-state index >= 15 is 0 Å². The lowest BCUT2D eigenvalue weighted by molar-refractivity contribution is 0.201. The predicted molar refractivity (Wildman–Crippen MR) is 77.1 cm³/mol. The highest BCUT2D eigenvalue weighted by Gasteiger charge is 2.26. The summed E-state index contributed by atoms with van der Waals surface area (Å²) in [5.74, 6) is 1.03. The van der Waals surface area contributed by atoms with Crippen LogP contribution >= 0.6 is 11.5 Å². The second kappa shape index (κ2) is 5.85. The fraction of sp³-hybridized carbons (Fsp3) is 0.429. The number of anilines is 2. The van der Waals surface area contributed by atoms with E-state index in [4.69, 9.17) is 4.74 Å². The number of ether oxygens (including phenoxy) is 1. The molecule has 4 nitrogen and oxygen atoms in total. The molecule has 1 aromatic heterocycles. The SMILES string of the molecule is COCCc1nsc(Nc2ccc(C3CC3)c(F)c2)n1. The maximum Gasteiger partial charge on any atom is 0.207 e. The molecule has 6 heteroatoms. The Morgan fingerprint density at radius 2 is 2.30 bits per heavy atom. The lowest BCUT2D eigenvalue weighted by atomic mass is 10.1. The average molecular weight is 293 g/mol. The van der Waals surface area contributed by atoms with Gasteiger partial charge in [-0.3, -0.25) is 0 Å². The van der Waals surface area contributed by atoms with Crippen molar-refractivity contribution in [2.24, 2.45) is 0 Å². The van der Waals surface area contributed by atoms with Gasteiger partial charge in [0.2, 0.25) is 5.13 Å². The first-order valence-corrected chi connectivity index (χ1v) is 7.41. The number of hydrogen-bond acceptors (Lipinski definition) is 5. The van der Waals surface area contributed by atoms with Crippen LogP contribution in [0.4, 0.5) is 15.2 Å². The van der Waals surface area contributed by atoms with Gasteiger partial charge in [0.15, 0.2) is 0 Å². The summed E-state index contributed by atoms with van der Waals surface area (Å²) in [5.41, 5.74) is 1.54. The van der Waals surface area contributed by atoms with Gasteiger partial charge in [0, 0.05) is 30.8 Å². The Morgan fingerprint density at radius 1 is 1.45 bits per heavy atom. The highest BCUT2D eigenvalue weighted by Crippen LogP contribution is 2.41. The van der Waals surface area contributed by atoms with Gasteiger partial charge in [-0.15, -0.1) is 0 Å². The van der Waals surface area contributed by atoms with Crippen molar-refractivity contribution in [3.8, 4) is 0 Å². The fourth-order valence-electron chi connectivity index (χ4n) is 2.05. The molecule has 20 heavy (non-hydrogen) atoms. The van der Waals surface area contributed by atoms with E-state index in [1.807, 2.05) is 12.1 Å². The maximum absolute atomic E-state index is 13.9. The number of nitrogens with zero attached hydrogens (tertiary/aromatic N) is 2. The third-order valence-corrected chi connectivity index (χ3v) is 3.94. The number of hydrogen-bond donors (Lipinski definition) is 1. The van der Waals surface area contributed by atoms with Crippen LogP contribution in [0.25, 0.3) is 0 Å². The largest absolute Gasteiger partial charge is 0.384 e. The highest BCUT2D eigenvalue weighted by atomic mass is 32.1. The van der Waals surface area contributed by atoms with Gasteiger partial charge in [-0.2, -0.15) is 4.37 Å². The van der Waals surface area contributed by atoms with E-state index in [0.29, 0.717) is 29.8 Å². The summed E-state index contributed by atoms with van der Waals surface area (Å²) in [6.07, 6.45) is 2.88. The molecule has 106 valence electrons. The number of methoxy groups -OCH3 is 1. The van der Waals surface area contributed by atoms with Crippen molar-refractivity contribution in [1.29, 1.82) is 0 Å². The molecule has 0 saturated heterocycles. The second-order valence-corrected chi connectivity index (χ2v) is 5.65. The summed E-state index contributed by atoms with van der Waals surface area (Å²) in [7, 11) is 1.65. The Morgan fingerprint density at radius 3 is 3.00 bits per heavy atom. The van der Waals surface area contributed by atoms with Crippen molar-refractivity contribution in [3.05, 3.63) is 35.4 Å². The molecule has 0 atom stereocenters. The molecule has 0 aliphatic heterocycles. The van der Waals surface area contributed by atoms with Crippen LogP contribution in [0.1, 0.15) is 30.1 Å². The molecule has 2 aromatic rings. The minimum atomic E-state index is -0.137. The monoisotopic (exact) mass is 293 g/mol. The first kappa shape index (κ1) is 13.5. The summed E-state index contributed by atoms with van der Waals surface area (Å²) in [4.78, 5) is 4.34. The van der Waals surface area contributed by atoms with Gasteiger partial charge in [-0.25, -0.2) is 9.37 Å². The third-order valence-electron chi connectivity index (χ3n) is 3.27. The maximum atomic E-state index is 13.9. The molecule has 1 N–H and O–H groups in total. The van der Waals surface area contributed by atoms with E-state index < -0.39 is 0 Å². The van der Waals surface area contributed by atoms with Crippen molar-refractivity contribution in [3.63, 3.8) is 0 Å². The van der Waals surface area contributed by atoms with Crippen LogP contribution in [0.15, 0.2) is 18.2 Å². The fourth-order valence-corrected chi connectivity index (χ4v) is 2.69. The first-order chi connectivity index (χ1) is 9.76. The molecule has 1 fully saturated rings. The van der Waals surface area contributed by atoms with Crippen molar-refractivity contribution in [2.75, 3.05) is 19.0 Å². The molecular weight excluding hydrogens is 277 g/mol. The summed E-state index contributed by atoms with van der Waals surface area (Å²) < 4.78 is 23.1. The van der Waals surface area contributed by atoms with Crippen molar-refractivity contribution < 1.29 is 9.13 Å². The van der Waals surface area contributed by atoms with Crippen LogP contribution in [0, 0.1) is 5.82 Å². The molecular formula is C14H16FN3OS. The minimum Gasteiger partial charge on any atom is -0.384 e. The van der Waals surface area contributed by atoms with E-state index in [2.05, 4.69) is 14.7 Å². The van der Waals surface area contributed by atoms with Crippen molar-refractivity contribution >= 4 is 22.4 Å². The standard InChI is InChI=1S/C14H16FN3OS/c1-19-7-6-13-17-14(20-18-13)16-10-4-5-11(9-2-3-9)12(15)8-10/h4-5,8-9H,2-3,6-7H2,1H3,(H,16,17,18). The predicted octanol–water partition coefficient (Wildman–Crippen LogP) is 3.49. The Kier molecular flexibility index (Phi) is 3.93. The minimum absolute atomic E-state index is 0.137. The molecule has 1 aliphatic carbocycles. The van der Waals surface area contributed by atoms with Crippen LogP contribution in [0.2, 0.25) is 0 Å². The number of aromatic nitrogens is 2. The summed E-state index contributed by atoms with van der Waals surface area (Å²) in [6.45, 7) is 0.598. The Bertz CT molecular complexity index is 598. The number of nitrogens with one attached hydrogen (secondary N) is 1. The lowest BCUT2D eigenvalue weighted by Crippen LogP contribution is -1.97. The van der Waals surface area contributed by atoms with Gasteiger partial charge in [0.05, 0.1) is 6.61 Å². The molecule has 1 heterocycles. The van der Waals surface area contributed by atoms with Crippen LogP contribution in [0.3, 0.4) is 0 Å². The molecule has 1 aliphatic rings. The quantitative estimate of drug-likeness (QED) is 0.885. The Hall–Kier alpha value is -1.53. The van der Waals surface area contributed by atoms with Gasteiger partial charge in [0.1, 0.15) is 11.6 Å². The Balaban J connectivity index is 1.67. The number of benzene rings is 1. The van der Waals surface area contributed by atoms with E-state index in [1.165, 1.54) is 17.6 Å². The van der Waals surface area contributed by atoms with E-state index in [-0.39, 0.29) is 5.82 Å². The molecule has 1 saturated carbocycles.